The van der Waals surface area contributed by atoms with Gasteiger partial charge in [-0.3, -0.25) is 9.25 Å². The van der Waals surface area contributed by atoms with Gasteiger partial charge in [-0.1, -0.05) is 23.2 Å². The van der Waals surface area contributed by atoms with Crippen LogP contribution in [0.2, 0.25) is 10.3 Å². The summed E-state index contributed by atoms with van der Waals surface area (Å²) in [5.74, 6) is 0.132. The zero-order valence-corrected chi connectivity index (χ0v) is 10.7. The summed E-state index contributed by atoms with van der Waals surface area (Å²) in [5.41, 5.74) is 0.223. The number of carbonyl (C=O) groups is 1. The third-order valence-electron chi connectivity index (χ3n) is 2.33. The Morgan fingerprint density at radius 3 is 2.71 bits per heavy atom. The fourth-order valence-electron chi connectivity index (χ4n) is 1.51. The quantitative estimate of drug-likeness (QED) is 0.789. The fraction of sp³-hybridized carbons (Fsp3) is 0.200. The van der Waals surface area contributed by atoms with E-state index in [0.29, 0.717) is 11.0 Å². The molecule has 0 atom stereocenters. The van der Waals surface area contributed by atoms with Gasteiger partial charge >= 0.3 is 5.97 Å². The summed E-state index contributed by atoms with van der Waals surface area (Å²) < 4.78 is 7.73. The first kappa shape index (κ1) is 12.0. The van der Waals surface area contributed by atoms with Gasteiger partial charge in [0.1, 0.15) is 16.1 Å². The highest BCUT2D eigenvalue weighted by atomic mass is 35.5. The number of carbonyl (C=O) groups excluding carboxylic acids is 1. The minimum atomic E-state index is -0.530. The summed E-state index contributed by atoms with van der Waals surface area (Å²) >= 11 is 12.1. The molecule has 0 radical (unpaired) electrons. The maximum Gasteiger partial charge on any atom is 0.341 e. The Morgan fingerprint density at radius 2 is 2.18 bits per heavy atom. The molecule has 0 aliphatic carbocycles. The molecule has 90 valence electrons. The van der Waals surface area contributed by atoms with Gasteiger partial charge in [-0.2, -0.15) is 5.10 Å². The summed E-state index contributed by atoms with van der Waals surface area (Å²) in [6.45, 7) is 0. The van der Waals surface area contributed by atoms with Crippen molar-refractivity contribution in [3.63, 3.8) is 0 Å². The molecule has 2 heterocycles. The Bertz CT molecular complexity index is 574. The maximum atomic E-state index is 11.5. The number of aromatic nitrogens is 3. The zero-order valence-electron chi connectivity index (χ0n) is 9.15. The normalized spacial score (nSPS) is 10.6. The maximum absolute atomic E-state index is 11.5. The van der Waals surface area contributed by atoms with Gasteiger partial charge in [0.05, 0.1) is 18.9 Å². The number of ether oxygens (including phenoxy) is 1. The summed E-state index contributed by atoms with van der Waals surface area (Å²) in [6, 6.07) is 3.20. The summed E-state index contributed by atoms with van der Waals surface area (Å²) in [6.07, 6.45) is 1.61. The number of methoxy groups -OCH3 is 1. The van der Waals surface area contributed by atoms with Crippen LogP contribution in [0.25, 0.3) is 5.82 Å². The predicted octanol–water partition coefficient (Wildman–Crippen LogP) is 2.30. The number of nitrogens with zero attached hydrogens (tertiary/aromatic N) is 3. The van der Waals surface area contributed by atoms with Crippen LogP contribution in [0, 0.1) is 0 Å². The summed E-state index contributed by atoms with van der Waals surface area (Å²) in [5, 5.41) is 4.53. The number of hydrogen-bond acceptors (Lipinski definition) is 3. The van der Waals surface area contributed by atoms with Gasteiger partial charge in [0.15, 0.2) is 0 Å². The Kier molecular flexibility index (Phi) is 3.13. The van der Waals surface area contributed by atoms with Gasteiger partial charge in [-0.15, -0.1) is 0 Å². The van der Waals surface area contributed by atoms with Crippen LogP contribution in [-0.4, -0.2) is 27.4 Å². The minimum Gasteiger partial charge on any atom is -0.465 e. The monoisotopic (exact) mass is 273 g/mol. The molecule has 0 N–H and O–H groups in total. The lowest BCUT2D eigenvalue weighted by molar-refractivity contribution is 0.0601. The highest BCUT2D eigenvalue weighted by Gasteiger charge is 2.20. The van der Waals surface area contributed by atoms with E-state index in [1.807, 2.05) is 0 Å². The molecule has 2 aromatic rings. The minimum absolute atomic E-state index is 0.199. The van der Waals surface area contributed by atoms with Crippen LogP contribution in [0.5, 0.6) is 0 Å². The molecular formula is C10H9Cl2N3O2. The molecule has 0 amide bonds. The first-order valence-corrected chi connectivity index (χ1v) is 5.45. The lowest BCUT2D eigenvalue weighted by Gasteiger charge is -2.06. The van der Waals surface area contributed by atoms with Gasteiger partial charge in [0.25, 0.3) is 0 Å². The van der Waals surface area contributed by atoms with Gasteiger partial charge in [-0.25, -0.2) is 4.79 Å². The molecule has 0 bridgehead atoms. The van der Waals surface area contributed by atoms with E-state index >= 15 is 0 Å². The molecule has 0 spiro atoms. The lowest BCUT2D eigenvalue weighted by Crippen LogP contribution is -2.05. The van der Waals surface area contributed by atoms with E-state index in [9.17, 15) is 4.79 Å². The van der Waals surface area contributed by atoms with Crippen molar-refractivity contribution < 1.29 is 9.53 Å². The van der Waals surface area contributed by atoms with Crippen LogP contribution in [0.3, 0.4) is 0 Å². The number of aryl methyl sites for hydroxylation is 1. The molecule has 0 unspecified atom stereocenters. The predicted molar refractivity (Wildman–Crippen MR) is 63.9 cm³/mol. The first-order valence-electron chi connectivity index (χ1n) is 4.69. The molecule has 0 saturated carbocycles. The van der Waals surface area contributed by atoms with Gasteiger partial charge in [0, 0.05) is 13.1 Å². The Hall–Kier alpha value is -1.46. The number of hydrogen-bond donors (Lipinski definition) is 0. The van der Waals surface area contributed by atoms with E-state index in [-0.39, 0.29) is 10.7 Å². The van der Waals surface area contributed by atoms with Crippen molar-refractivity contribution in [2.45, 2.75) is 0 Å². The largest absolute Gasteiger partial charge is 0.465 e. The molecule has 0 aliphatic heterocycles. The average molecular weight is 274 g/mol. The van der Waals surface area contributed by atoms with Crippen LogP contribution in [0.15, 0.2) is 18.3 Å². The zero-order chi connectivity index (χ0) is 12.6. The van der Waals surface area contributed by atoms with Crippen molar-refractivity contribution in [3.05, 3.63) is 34.2 Å². The molecule has 0 fully saturated rings. The highest BCUT2D eigenvalue weighted by Crippen LogP contribution is 2.29. The SMILES string of the molecule is COC(=O)c1cc(Cl)n(-c2ccnn2C)c1Cl. The Morgan fingerprint density at radius 1 is 1.47 bits per heavy atom. The highest BCUT2D eigenvalue weighted by molar-refractivity contribution is 6.36. The summed E-state index contributed by atoms with van der Waals surface area (Å²) in [4.78, 5) is 11.5. The number of rotatable bonds is 2. The molecule has 5 nitrogen and oxygen atoms in total. The van der Waals surface area contributed by atoms with E-state index in [2.05, 4.69) is 9.84 Å². The number of esters is 1. The summed E-state index contributed by atoms with van der Waals surface area (Å²) in [7, 11) is 3.04. The van der Waals surface area contributed by atoms with Crippen LogP contribution < -0.4 is 0 Å². The van der Waals surface area contributed by atoms with Crippen molar-refractivity contribution in [2.24, 2.45) is 7.05 Å². The molecule has 0 aliphatic rings. The molecule has 2 aromatic heterocycles. The third-order valence-corrected chi connectivity index (χ3v) is 2.98. The molecule has 0 saturated heterocycles. The van der Waals surface area contributed by atoms with E-state index < -0.39 is 5.97 Å². The van der Waals surface area contributed by atoms with Crippen LogP contribution >= 0.6 is 23.2 Å². The van der Waals surface area contributed by atoms with E-state index in [1.165, 1.54) is 17.7 Å². The number of halogens is 2. The second-order valence-corrected chi connectivity index (χ2v) is 4.06. The third kappa shape index (κ3) is 1.92. The van der Waals surface area contributed by atoms with Crippen molar-refractivity contribution in [2.75, 3.05) is 7.11 Å². The lowest BCUT2D eigenvalue weighted by atomic mass is 10.3. The molecule has 17 heavy (non-hydrogen) atoms. The Labute approximate surface area is 107 Å². The topological polar surface area (TPSA) is 49.1 Å². The molecular weight excluding hydrogens is 265 g/mol. The molecule has 2 rings (SSSR count). The van der Waals surface area contributed by atoms with Crippen LogP contribution in [0.4, 0.5) is 0 Å². The van der Waals surface area contributed by atoms with Gasteiger partial charge in [-0.05, 0) is 6.07 Å². The van der Waals surface area contributed by atoms with Crippen molar-refractivity contribution in [3.8, 4) is 5.82 Å². The van der Waals surface area contributed by atoms with E-state index in [1.54, 1.807) is 24.0 Å². The Balaban J connectivity index is 2.61. The fourth-order valence-corrected chi connectivity index (χ4v) is 2.14. The van der Waals surface area contributed by atoms with E-state index in [4.69, 9.17) is 23.2 Å². The molecule has 0 aromatic carbocycles. The second-order valence-electron chi connectivity index (χ2n) is 3.31. The van der Waals surface area contributed by atoms with Gasteiger partial charge < -0.3 is 4.74 Å². The second kappa shape index (κ2) is 4.43. The van der Waals surface area contributed by atoms with E-state index in [0.717, 1.165) is 0 Å². The van der Waals surface area contributed by atoms with Crippen LogP contribution in [-0.2, 0) is 11.8 Å². The van der Waals surface area contributed by atoms with Crippen LogP contribution in [0.1, 0.15) is 10.4 Å². The van der Waals surface area contributed by atoms with Crippen molar-refractivity contribution >= 4 is 29.2 Å². The average Bonchev–Trinajstić information content (AvgIpc) is 2.82. The molecule has 7 heteroatoms. The standard InChI is InChI=1S/C10H9Cl2N3O2/c1-14-8(3-4-13-14)15-7(11)5-6(9(15)12)10(16)17-2/h3-5H,1-2H3. The van der Waals surface area contributed by atoms with Gasteiger partial charge in [0.2, 0.25) is 0 Å². The smallest absolute Gasteiger partial charge is 0.341 e. The van der Waals surface area contributed by atoms with Crippen molar-refractivity contribution in [1.29, 1.82) is 0 Å². The van der Waals surface area contributed by atoms with Crippen molar-refractivity contribution in [1.82, 2.24) is 14.3 Å². The first-order chi connectivity index (χ1) is 8.06.